The van der Waals surface area contributed by atoms with Gasteiger partial charge >= 0.3 is 0 Å². The first-order chi connectivity index (χ1) is 13.6. The minimum atomic E-state index is 0.208. The van der Waals surface area contributed by atoms with Crippen LogP contribution in [0, 0.1) is 0 Å². The molecule has 136 valence electrons. The largest absolute Gasteiger partial charge is 0.508 e. The molecule has 2 N–H and O–H groups in total. The molecule has 28 heavy (non-hydrogen) atoms. The first-order valence-electron chi connectivity index (χ1n) is 9.01. The maximum absolute atomic E-state index is 10.5. The third-order valence-corrected chi connectivity index (χ3v) is 5.51. The number of phenolic OH excluding ortho intramolecular Hbond substituents is 2. The Morgan fingerprint density at radius 3 is 2.39 bits per heavy atom. The monoisotopic (exact) mass is 385 g/mol. The second kappa shape index (κ2) is 6.39. The van der Waals surface area contributed by atoms with Gasteiger partial charge in [-0.15, -0.1) is 0 Å². The SMILES string of the molecule is Oc1ccc(-c2cc(-c3ccccc3Cl)c3c(n2)-c2c(O)cccc2C3)cc1. The Labute approximate surface area is 167 Å². The first kappa shape index (κ1) is 16.8. The fraction of sp³-hybridized carbons (Fsp3) is 0.0417. The summed E-state index contributed by atoms with van der Waals surface area (Å²) in [6.07, 6.45) is 0.697. The average molecular weight is 386 g/mol. The zero-order valence-corrected chi connectivity index (χ0v) is 15.6. The van der Waals surface area contributed by atoms with Crippen LogP contribution in [0.1, 0.15) is 11.1 Å². The summed E-state index contributed by atoms with van der Waals surface area (Å²) in [6, 6.07) is 22.3. The Balaban J connectivity index is 1.82. The van der Waals surface area contributed by atoms with Gasteiger partial charge in [0, 0.05) is 28.1 Å². The van der Waals surface area contributed by atoms with E-state index in [1.807, 2.05) is 54.6 Å². The lowest BCUT2D eigenvalue weighted by atomic mass is 9.96. The van der Waals surface area contributed by atoms with Crippen molar-refractivity contribution in [1.82, 2.24) is 4.98 Å². The molecular formula is C24H16ClNO2. The smallest absolute Gasteiger partial charge is 0.125 e. The predicted octanol–water partition coefficient (Wildman–Crippen LogP) is 6.05. The number of aromatic nitrogens is 1. The minimum absolute atomic E-state index is 0.208. The maximum Gasteiger partial charge on any atom is 0.125 e. The van der Waals surface area contributed by atoms with E-state index in [0.717, 1.165) is 44.8 Å². The summed E-state index contributed by atoms with van der Waals surface area (Å²) in [4.78, 5) is 4.89. The van der Waals surface area contributed by atoms with Crippen LogP contribution in [0.25, 0.3) is 33.6 Å². The predicted molar refractivity (Wildman–Crippen MR) is 112 cm³/mol. The van der Waals surface area contributed by atoms with Gasteiger partial charge in [0.25, 0.3) is 0 Å². The van der Waals surface area contributed by atoms with Gasteiger partial charge < -0.3 is 10.2 Å². The highest BCUT2D eigenvalue weighted by molar-refractivity contribution is 6.33. The first-order valence-corrected chi connectivity index (χ1v) is 9.39. The van der Waals surface area contributed by atoms with Gasteiger partial charge in [0.05, 0.1) is 11.4 Å². The van der Waals surface area contributed by atoms with E-state index in [9.17, 15) is 10.2 Å². The van der Waals surface area contributed by atoms with Gasteiger partial charge in [0.2, 0.25) is 0 Å². The third-order valence-electron chi connectivity index (χ3n) is 5.18. The molecule has 0 amide bonds. The molecule has 5 rings (SSSR count). The van der Waals surface area contributed by atoms with Crippen LogP contribution < -0.4 is 0 Å². The Morgan fingerprint density at radius 1 is 0.821 bits per heavy atom. The van der Waals surface area contributed by atoms with Crippen LogP contribution in [0.15, 0.2) is 72.8 Å². The summed E-state index contributed by atoms with van der Waals surface area (Å²) in [5.74, 6) is 0.441. The molecule has 3 nitrogen and oxygen atoms in total. The number of pyridine rings is 1. The summed E-state index contributed by atoms with van der Waals surface area (Å²) in [7, 11) is 0. The molecule has 1 heterocycles. The molecule has 1 aliphatic rings. The zero-order chi connectivity index (χ0) is 19.3. The molecule has 1 aromatic heterocycles. The lowest BCUT2D eigenvalue weighted by Crippen LogP contribution is -1.95. The molecule has 0 radical (unpaired) electrons. The highest BCUT2D eigenvalue weighted by Crippen LogP contribution is 2.46. The Hall–Kier alpha value is -3.30. The standard InChI is InChI=1S/C24H16ClNO2/c25-20-6-2-1-5-17(20)18-13-21(14-8-10-16(27)11-9-14)26-24-19(18)12-15-4-3-7-22(28)23(15)24/h1-11,13,27-28H,12H2. The molecule has 0 saturated heterocycles. The second-order valence-corrected chi connectivity index (χ2v) is 7.30. The van der Waals surface area contributed by atoms with Crippen molar-refractivity contribution in [2.24, 2.45) is 0 Å². The van der Waals surface area contributed by atoms with Crippen molar-refractivity contribution in [2.75, 3.05) is 0 Å². The summed E-state index contributed by atoms with van der Waals surface area (Å²) >= 11 is 6.52. The van der Waals surface area contributed by atoms with E-state index in [1.54, 1.807) is 18.2 Å². The molecule has 4 aromatic rings. The Morgan fingerprint density at radius 2 is 1.61 bits per heavy atom. The number of benzene rings is 3. The molecule has 3 aromatic carbocycles. The van der Waals surface area contributed by atoms with Crippen LogP contribution >= 0.6 is 11.6 Å². The van der Waals surface area contributed by atoms with E-state index >= 15 is 0 Å². The van der Waals surface area contributed by atoms with Crippen molar-refractivity contribution >= 4 is 11.6 Å². The van der Waals surface area contributed by atoms with Crippen LogP contribution in [0.4, 0.5) is 0 Å². The molecule has 0 fully saturated rings. The number of halogens is 1. The minimum Gasteiger partial charge on any atom is -0.508 e. The Bertz CT molecular complexity index is 1220. The molecule has 0 bridgehead atoms. The number of aromatic hydroxyl groups is 2. The van der Waals surface area contributed by atoms with Gasteiger partial charge in [0.15, 0.2) is 0 Å². The fourth-order valence-electron chi connectivity index (χ4n) is 3.86. The van der Waals surface area contributed by atoms with E-state index < -0.39 is 0 Å². The summed E-state index contributed by atoms with van der Waals surface area (Å²) in [5.41, 5.74) is 7.29. The van der Waals surface area contributed by atoms with Crippen LogP contribution in [-0.4, -0.2) is 15.2 Å². The number of hydrogen-bond acceptors (Lipinski definition) is 3. The summed E-state index contributed by atoms with van der Waals surface area (Å²) < 4.78 is 0. The second-order valence-electron chi connectivity index (χ2n) is 6.90. The summed E-state index contributed by atoms with van der Waals surface area (Å²) in [5, 5.41) is 20.8. The van der Waals surface area contributed by atoms with Gasteiger partial charge in [-0.05, 0) is 59.2 Å². The van der Waals surface area contributed by atoms with Crippen LogP contribution in [0.2, 0.25) is 5.02 Å². The van der Waals surface area contributed by atoms with Gasteiger partial charge in [-0.1, -0.05) is 41.9 Å². The number of fused-ring (bicyclic) bond motifs is 3. The third kappa shape index (κ3) is 2.63. The number of rotatable bonds is 2. The number of hydrogen-bond donors (Lipinski definition) is 2. The van der Waals surface area contributed by atoms with Crippen molar-refractivity contribution in [3.63, 3.8) is 0 Å². The molecule has 0 spiro atoms. The molecule has 4 heteroatoms. The van der Waals surface area contributed by atoms with Crippen LogP contribution in [-0.2, 0) is 6.42 Å². The molecule has 0 saturated carbocycles. The van der Waals surface area contributed by atoms with Crippen LogP contribution in [0.3, 0.4) is 0 Å². The van der Waals surface area contributed by atoms with E-state index in [0.29, 0.717) is 11.4 Å². The fourth-order valence-corrected chi connectivity index (χ4v) is 4.09. The molecular weight excluding hydrogens is 370 g/mol. The van der Waals surface area contributed by atoms with Crippen molar-refractivity contribution in [2.45, 2.75) is 6.42 Å². The Kier molecular flexibility index (Phi) is 3.85. The van der Waals surface area contributed by atoms with E-state index in [-0.39, 0.29) is 11.5 Å². The van der Waals surface area contributed by atoms with Crippen LogP contribution in [0.5, 0.6) is 11.5 Å². The van der Waals surface area contributed by atoms with Gasteiger partial charge in [-0.25, -0.2) is 4.98 Å². The lowest BCUT2D eigenvalue weighted by molar-refractivity contribution is 0.475. The quantitative estimate of drug-likeness (QED) is 0.389. The highest BCUT2D eigenvalue weighted by Gasteiger charge is 2.27. The number of phenols is 2. The van der Waals surface area contributed by atoms with E-state index in [2.05, 4.69) is 0 Å². The lowest BCUT2D eigenvalue weighted by Gasteiger charge is -2.13. The zero-order valence-electron chi connectivity index (χ0n) is 14.9. The topological polar surface area (TPSA) is 53.4 Å². The average Bonchev–Trinajstić information content (AvgIpc) is 3.08. The van der Waals surface area contributed by atoms with Gasteiger partial charge in [-0.3, -0.25) is 0 Å². The van der Waals surface area contributed by atoms with Crippen molar-refractivity contribution in [3.8, 4) is 45.1 Å². The van der Waals surface area contributed by atoms with Gasteiger partial charge in [0.1, 0.15) is 11.5 Å². The van der Waals surface area contributed by atoms with Crippen molar-refractivity contribution < 1.29 is 10.2 Å². The molecule has 0 unspecified atom stereocenters. The highest BCUT2D eigenvalue weighted by atomic mass is 35.5. The maximum atomic E-state index is 10.5. The van der Waals surface area contributed by atoms with E-state index in [1.165, 1.54) is 0 Å². The number of nitrogens with zero attached hydrogens (tertiary/aromatic N) is 1. The molecule has 0 atom stereocenters. The van der Waals surface area contributed by atoms with Crippen molar-refractivity contribution in [1.29, 1.82) is 0 Å². The molecule has 0 aliphatic heterocycles. The van der Waals surface area contributed by atoms with E-state index in [4.69, 9.17) is 16.6 Å². The molecule has 1 aliphatic carbocycles. The normalized spacial score (nSPS) is 11.9. The summed E-state index contributed by atoms with van der Waals surface area (Å²) in [6.45, 7) is 0. The van der Waals surface area contributed by atoms with Crippen molar-refractivity contribution in [3.05, 3.63) is 88.9 Å². The van der Waals surface area contributed by atoms with Gasteiger partial charge in [-0.2, -0.15) is 0 Å².